The van der Waals surface area contributed by atoms with Gasteiger partial charge in [0.1, 0.15) is 5.78 Å². The normalized spacial score (nSPS) is 11.3. The number of carbonyl (C=O) groups is 1. The molecule has 2 aromatic rings. The van der Waals surface area contributed by atoms with E-state index >= 15 is 0 Å². The van der Waals surface area contributed by atoms with Gasteiger partial charge in [0.25, 0.3) is 0 Å². The van der Waals surface area contributed by atoms with Crippen molar-refractivity contribution < 1.29 is 4.79 Å². The fraction of sp³-hybridized carbons (Fsp3) is 0.250. The second kappa shape index (κ2) is 5.66. The topological polar surface area (TPSA) is 30.0 Å². The van der Waals surface area contributed by atoms with Crippen molar-refractivity contribution >= 4 is 21.7 Å². The van der Waals surface area contributed by atoms with E-state index in [2.05, 4.69) is 20.9 Å². The lowest BCUT2D eigenvalue weighted by Crippen LogP contribution is -2.30. The van der Waals surface area contributed by atoms with Crippen molar-refractivity contribution in [3.8, 4) is 0 Å². The number of hydrogen-bond acceptors (Lipinski definition) is 2. The van der Waals surface area contributed by atoms with Gasteiger partial charge >= 0.3 is 0 Å². The van der Waals surface area contributed by atoms with Crippen LogP contribution in [0.3, 0.4) is 0 Å². The van der Waals surface area contributed by atoms with Gasteiger partial charge in [-0.1, -0.05) is 30.3 Å². The highest BCUT2D eigenvalue weighted by Crippen LogP contribution is 2.25. The Hall–Kier alpha value is -1.48. The molecular weight excluding hydrogens is 302 g/mol. The van der Waals surface area contributed by atoms with Crippen LogP contribution in [0, 0.1) is 0 Å². The first-order valence-corrected chi connectivity index (χ1v) is 6.99. The maximum absolute atomic E-state index is 12.5. The molecule has 0 spiro atoms. The van der Waals surface area contributed by atoms with Gasteiger partial charge in [0.05, 0.1) is 0 Å². The molecule has 0 unspecified atom stereocenters. The van der Waals surface area contributed by atoms with Crippen molar-refractivity contribution in [3.63, 3.8) is 0 Å². The second-order valence-electron chi connectivity index (χ2n) is 5.06. The van der Waals surface area contributed by atoms with Crippen LogP contribution >= 0.6 is 15.9 Å². The van der Waals surface area contributed by atoms with Crippen molar-refractivity contribution in [2.45, 2.75) is 25.7 Å². The van der Waals surface area contributed by atoms with Crippen LogP contribution in [-0.2, 0) is 16.6 Å². The minimum Gasteiger partial charge on any atom is -0.298 e. The molecule has 0 N–H and O–H groups in total. The lowest BCUT2D eigenvalue weighted by molar-refractivity contribution is -0.122. The molecule has 0 fully saturated rings. The molecule has 2 nitrogen and oxygen atoms in total. The Bertz CT molecular complexity index is 561. The van der Waals surface area contributed by atoms with Crippen molar-refractivity contribution in [1.82, 2.24) is 4.98 Å². The molecule has 0 aliphatic carbocycles. The Labute approximate surface area is 122 Å². The van der Waals surface area contributed by atoms with Gasteiger partial charge in [-0.15, -0.1) is 0 Å². The smallest absolute Gasteiger partial charge is 0.148 e. The summed E-state index contributed by atoms with van der Waals surface area (Å²) in [4.78, 5) is 16.7. The molecule has 0 bridgehead atoms. The molecule has 0 aliphatic rings. The van der Waals surface area contributed by atoms with E-state index in [0.717, 1.165) is 15.7 Å². The van der Waals surface area contributed by atoms with Gasteiger partial charge < -0.3 is 0 Å². The summed E-state index contributed by atoms with van der Waals surface area (Å²) >= 11 is 3.34. The lowest BCUT2D eigenvalue weighted by atomic mass is 9.79. The highest BCUT2D eigenvalue weighted by atomic mass is 79.9. The largest absolute Gasteiger partial charge is 0.298 e. The predicted molar refractivity (Wildman–Crippen MR) is 80.1 cm³/mol. The molecule has 1 heterocycles. The average molecular weight is 318 g/mol. The van der Waals surface area contributed by atoms with Crippen LogP contribution in [0.25, 0.3) is 0 Å². The van der Waals surface area contributed by atoms with Crippen LogP contribution in [0.4, 0.5) is 0 Å². The Morgan fingerprint density at radius 1 is 1.16 bits per heavy atom. The summed E-state index contributed by atoms with van der Waals surface area (Å²) in [7, 11) is 0. The Morgan fingerprint density at radius 2 is 1.84 bits per heavy atom. The van der Waals surface area contributed by atoms with Gasteiger partial charge in [-0.05, 0) is 47.5 Å². The molecule has 1 aromatic heterocycles. The highest BCUT2D eigenvalue weighted by molar-refractivity contribution is 9.10. The number of hydrogen-bond donors (Lipinski definition) is 0. The van der Waals surface area contributed by atoms with Gasteiger partial charge in [-0.2, -0.15) is 0 Å². The quantitative estimate of drug-likeness (QED) is 0.855. The molecule has 0 atom stereocenters. The predicted octanol–water partition coefficient (Wildman–Crippen LogP) is 3.93. The van der Waals surface area contributed by atoms with Crippen LogP contribution < -0.4 is 0 Å². The molecule has 0 radical (unpaired) electrons. The van der Waals surface area contributed by atoms with Gasteiger partial charge in [0.15, 0.2) is 0 Å². The third-order valence-corrected chi connectivity index (χ3v) is 3.79. The minimum atomic E-state index is -0.490. The monoisotopic (exact) mass is 317 g/mol. The molecule has 3 heteroatoms. The molecule has 98 valence electrons. The van der Waals surface area contributed by atoms with Crippen molar-refractivity contribution in [3.05, 3.63) is 64.4 Å². The number of Topliss-reactive ketones (excluding diaryl/α,β-unsaturated/α-hetero) is 1. The second-order valence-corrected chi connectivity index (χ2v) is 5.97. The lowest BCUT2D eigenvalue weighted by Gasteiger charge is -2.23. The number of ketones is 1. The standard InChI is InChI=1S/C16H16BrNO/c1-16(2,12-6-4-3-5-7-12)15(19)10-14-9-8-13(17)11-18-14/h3-9,11H,10H2,1-2H3. The van der Waals surface area contributed by atoms with Crippen LogP contribution in [-0.4, -0.2) is 10.8 Å². The Kier molecular flexibility index (Phi) is 4.15. The highest BCUT2D eigenvalue weighted by Gasteiger charge is 2.29. The number of rotatable bonds is 4. The summed E-state index contributed by atoms with van der Waals surface area (Å²) in [5.74, 6) is 0.175. The summed E-state index contributed by atoms with van der Waals surface area (Å²) in [6, 6.07) is 13.7. The average Bonchev–Trinajstić information content (AvgIpc) is 2.42. The van der Waals surface area contributed by atoms with Crippen LogP contribution in [0.1, 0.15) is 25.1 Å². The molecule has 1 aromatic carbocycles. The zero-order chi connectivity index (χ0) is 13.9. The zero-order valence-corrected chi connectivity index (χ0v) is 12.6. The fourth-order valence-corrected chi connectivity index (χ4v) is 2.15. The molecular formula is C16H16BrNO. The van der Waals surface area contributed by atoms with E-state index in [1.165, 1.54) is 0 Å². The summed E-state index contributed by atoms with van der Waals surface area (Å²) in [5, 5.41) is 0. The third-order valence-electron chi connectivity index (χ3n) is 3.32. The van der Waals surface area contributed by atoms with Crippen LogP contribution in [0.2, 0.25) is 0 Å². The van der Waals surface area contributed by atoms with E-state index < -0.39 is 5.41 Å². The first-order chi connectivity index (χ1) is 9.00. The summed E-state index contributed by atoms with van der Waals surface area (Å²) < 4.78 is 0.922. The maximum atomic E-state index is 12.5. The Balaban J connectivity index is 2.17. The number of benzene rings is 1. The number of nitrogens with zero attached hydrogens (tertiary/aromatic N) is 1. The van der Waals surface area contributed by atoms with E-state index in [1.54, 1.807) is 6.20 Å². The number of carbonyl (C=O) groups excluding carboxylic acids is 1. The first-order valence-electron chi connectivity index (χ1n) is 6.19. The van der Waals surface area contributed by atoms with E-state index in [-0.39, 0.29) is 5.78 Å². The van der Waals surface area contributed by atoms with E-state index in [9.17, 15) is 4.79 Å². The van der Waals surface area contributed by atoms with Crippen molar-refractivity contribution in [2.75, 3.05) is 0 Å². The molecule has 0 amide bonds. The molecule has 19 heavy (non-hydrogen) atoms. The van der Waals surface area contributed by atoms with E-state index in [0.29, 0.717) is 6.42 Å². The summed E-state index contributed by atoms with van der Waals surface area (Å²) in [5.41, 5.74) is 1.35. The molecule has 0 saturated carbocycles. The maximum Gasteiger partial charge on any atom is 0.148 e. The van der Waals surface area contributed by atoms with Crippen molar-refractivity contribution in [2.24, 2.45) is 0 Å². The molecule has 0 aliphatic heterocycles. The van der Waals surface area contributed by atoms with Crippen molar-refractivity contribution in [1.29, 1.82) is 0 Å². The van der Waals surface area contributed by atoms with Crippen LogP contribution in [0.15, 0.2) is 53.1 Å². The summed E-state index contributed by atoms with van der Waals surface area (Å²) in [6.45, 7) is 3.92. The molecule has 0 saturated heterocycles. The fourth-order valence-electron chi connectivity index (χ4n) is 1.91. The van der Waals surface area contributed by atoms with Crippen LogP contribution in [0.5, 0.6) is 0 Å². The van der Waals surface area contributed by atoms with Gasteiger partial charge in [0.2, 0.25) is 0 Å². The number of aromatic nitrogens is 1. The SMILES string of the molecule is CC(C)(C(=O)Cc1ccc(Br)cn1)c1ccccc1. The first kappa shape index (κ1) is 13.9. The zero-order valence-electron chi connectivity index (χ0n) is 11.1. The van der Waals surface area contributed by atoms with Gasteiger partial charge in [0, 0.05) is 28.2 Å². The minimum absolute atomic E-state index is 0.175. The molecule has 2 rings (SSSR count). The van der Waals surface area contributed by atoms with Gasteiger partial charge in [-0.3, -0.25) is 9.78 Å². The van der Waals surface area contributed by atoms with Gasteiger partial charge in [-0.25, -0.2) is 0 Å². The van der Waals surface area contributed by atoms with E-state index in [1.807, 2.05) is 56.3 Å². The number of halogens is 1. The Morgan fingerprint density at radius 3 is 2.42 bits per heavy atom. The summed E-state index contributed by atoms with van der Waals surface area (Å²) in [6.07, 6.45) is 2.08. The van der Waals surface area contributed by atoms with E-state index in [4.69, 9.17) is 0 Å². The third kappa shape index (κ3) is 3.29. The number of pyridine rings is 1.